The van der Waals surface area contributed by atoms with Crippen LogP contribution < -0.4 is 11.1 Å². The Morgan fingerprint density at radius 2 is 2.05 bits per heavy atom. The lowest BCUT2D eigenvalue weighted by atomic mass is 10.1. The third-order valence-corrected chi connectivity index (χ3v) is 3.59. The van der Waals surface area contributed by atoms with Gasteiger partial charge in [-0.25, -0.2) is 0 Å². The minimum absolute atomic E-state index is 0.284. The van der Waals surface area contributed by atoms with E-state index in [1.165, 1.54) is 0 Å². The first-order valence-electron chi connectivity index (χ1n) is 6.45. The first-order valence-corrected chi connectivity index (χ1v) is 7.20. The molecule has 112 valence electrons. The molecule has 1 aromatic heterocycles. The van der Waals surface area contributed by atoms with Crippen LogP contribution in [-0.4, -0.2) is 24.2 Å². The van der Waals surface area contributed by atoms with E-state index in [2.05, 4.69) is 10.5 Å². The van der Waals surface area contributed by atoms with Gasteiger partial charge in [0.1, 0.15) is 17.0 Å². The molecule has 1 amide bonds. The topological polar surface area (TPSA) is 81.2 Å². The van der Waals surface area contributed by atoms with Crippen LogP contribution in [0.25, 0.3) is 11.3 Å². The maximum Gasteiger partial charge on any atom is 0.257 e. The van der Waals surface area contributed by atoms with Crippen molar-refractivity contribution < 1.29 is 9.32 Å². The summed E-state index contributed by atoms with van der Waals surface area (Å²) in [4.78, 5) is 12.3. The molecule has 5 nitrogen and oxygen atoms in total. The van der Waals surface area contributed by atoms with Crippen molar-refractivity contribution in [1.82, 2.24) is 10.5 Å². The SMILES string of the molecule is Cc1onc(-c2c(Cl)cccc2Cl)c1C(=O)NCCCN. The Hall–Kier alpha value is -1.56. The molecule has 0 spiro atoms. The molecular weight excluding hydrogens is 313 g/mol. The Kier molecular flexibility index (Phi) is 5.22. The zero-order valence-corrected chi connectivity index (χ0v) is 13.0. The summed E-state index contributed by atoms with van der Waals surface area (Å²) >= 11 is 12.3. The van der Waals surface area contributed by atoms with Gasteiger partial charge < -0.3 is 15.6 Å². The second-order valence-corrected chi connectivity index (χ2v) is 5.27. The number of aryl methyl sites for hydroxylation is 1. The van der Waals surface area contributed by atoms with Crippen molar-refractivity contribution in [3.8, 4) is 11.3 Å². The summed E-state index contributed by atoms with van der Waals surface area (Å²) in [5, 5.41) is 7.52. The Bertz CT molecular complexity index is 635. The number of hydrogen-bond acceptors (Lipinski definition) is 4. The van der Waals surface area contributed by atoms with Crippen molar-refractivity contribution in [1.29, 1.82) is 0 Å². The largest absolute Gasteiger partial charge is 0.360 e. The maximum absolute atomic E-state index is 12.3. The van der Waals surface area contributed by atoms with Gasteiger partial charge in [-0.3, -0.25) is 4.79 Å². The molecule has 0 saturated carbocycles. The molecule has 1 aromatic carbocycles. The van der Waals surface area contributed by atoms with E-state index in [0.717, 1.165) is 0 Å². The van der Waals surface area contributed by atoms with Gasteiger partial charge in [-0.2, -0.15) is 0 Å². The Balaban J connectivity index is 2.41. The van der Waals surface area contributed by atoms with Gasteiger partial charge in [0, 0.05) is 12.1 Å². The smallest absolute Gasteiger partial charge is 0.257 e. The zero-order chi connectivity index (χ0) is 15.4. The number of nitrogens with one attached hydrogen (secondary N) is 1. The Morgan fingerprint density at radius 1 is 1.38 bits per heavy atom. The summed E-state index contributed by atoms with van der Waals surface area (Å²) in [5.41, 5.74) is 6.57. The molecule has 2 aromatic rings. The van der Waals surface area contributed by atoms with E-state index in [4.69, 9.17) is 33.5 Å². The number of hydrogen-bond donors (Lipinski definition) is 2. The van der Waals surface area contributed by atoms with E-state index in [-0.39, 0.29) is 5.91 Å². The standard InChI is InChI=1S/C14H15Cl2N3O2/c1-8-11(14(20)18-7-3-6-17)13(19-21-8)12-9(15)4-2-5-10(12)16/h2,4-5H,3,6-7,17H2,1H3,(H,18,20). The molecule has 7 heteroatoms. The molecule has 0 bridgehead atoms. The van der Waals surface area contributed by atoms with Crippen LogP contribution in [-0.2, 0) is 0 Å². The second-order valence-electron chi connectivity index (χ2n) is 4.46. The van der Waals surface area contributed by atoms with Gasteiger partial charge in [0.2, 0.25) is 0 Å². The number of nitrogens with zero attached hydrogens (tertiary/aromatic N) is 1. The number of carbonyl (C=O) groups is 1. The highest BCUT2D eigenvalue weighted by Gasteiger charge is 2.24. The van der Waals surface area contributed by atoms with E-state index < -0.39 is 0 Å². The number of benzene rings is 1. The summed E-state index contributed by atoms with van der Waals surface area (Å²) in [7, 11) is 0. The molecular formula is C14H15Cl2N3O2. The molecule has 0 aliphatic rings. The van der Waals surface area contributed by atoms with Gasteiger partial charge in [0.25, 0.3) is 5.91 Å². The molecule has 3 N–H and O–H groups in total. The molecule has 0 saturated heterocycles. The molecule has 0 unspecified atom stereocenters. The summed E-state index contributed by atoms with van der Waals surface area (Å²) < 4.78 is 5.13. The van der Waals surface area contributed by atoms with Crippen LogP contribution in [0.4, 0.5) is 0 Å². The second kappa shape index (κ2) is 6.93. The third-order valence-electron chi connectivity index (χ3n) is 2.96. The number of aromatic nitrogens is 1. The number of nitrogens with two attached hydrogens (primary N) is 1. The number of rotatable bonds is 5. The van der Waals surface area contributed by atoms with Crippen molar-refractivity contribution in [3.63, 3.8) is 0 Å². The molecule has 0 fully saturated rings. The quantitative estimate of drug-likeness (QED) is 0.827. The van der Waals surface area contributed by atoms with Crippen LogP contribution in [0.15, 0.2) is 22.7 Å². The monoisotopic (exact) mass is 327 g/mol. The predicted molar refractivity (Wildman–Crippen MR) is 82.7 cm³/mol. The Labute approximate surface area is 132 Å². The maximum atomic E-state index is 12.3. The van der Waals surface area contributed by atoms with Crippen LogP contribution in [0.5, 0.6) is 0 Å². The van der Waals surface area contributed by atoms with E-state index >= 15 is 0 Å². The van der Waals surface area contributed by atoms with Gasteiger partial charge in [0.15, 0.2) is 0 Å². The summed E-state index contributed by atoms with van der Waals surface area (Å²) in [6.07, 6.45) is 0.693. The van der Waals surface area contributed by atoms with Crippen LogP contribution in [0.2, 0.25) is 10.0 Å². The molecule has 1 heterocycles. The lowest BCUT2D eigenvalue weighted by molar-refractivity contribution is 0.0952. The average molecular weight is 328 g/mol. The minimum Gasteiger partial charge on any atom is -0.360 e. The molecule has 0 atom stereocenters. The summed E-state index contributed by atoms with van der Waals surface area (Å²) in [5.74, 6) is 0.124. The lowest BCUT2D eigenvalue weighted by Crippen LogP contribution is -2.26. The molecule has 0 aliphatic heterocycles. The molecule has 0 aliphatic carbocycles. The van der Waals surface area contributed by atoms with Gasteiger partial charge in [-0.05, 0) is 32.0 Å². The van der Waals surface area contributed by atoms with Crippen LogP contribution in [0.1, 0.15) is 22.5 Å². The zero-order valence-electron chi connectivity index (χ0n) is 11.5. The van der Waals surface area contributed by atoms with E-state index in [1.54, 1.807) is 25.1 Å². The first kappa shape index (κ1) is 15.8. The summed E-state index contributed by atoms with van der Waals surface area (Å²) in [6.45, 7) is 2.65. The molecule has 21 heavy (non-hydrogen) atoms. The van der Waals surface area contributed by atoms with Crippen molar-refractivity contribution in [2.24, 2.45) is 5.73 Å². The highest BCUT2D eigenvalue weighted by molar-refractivity contribution is 6.39. The van der Waals surface area contributed by atoms with Crippen LogP contribution >= 0.6 is 23.2 Å². The van der Waals surface area contributed by atoms with E-state index in [9.17, 15) is 4.79 Å². The number of amides is 1. The van der Waals surface area contributed by atoms with Gasteiger partial charge in [-0.15, -0.1) is 0 Å². The van der Waals surface area contributed by atoms with Gasteiger partial charge in [0.05, 0.1) is 10.0 Å². The lowest BCUT2D eigenvalue weighted by Gasteiger charge is -2.07. The normalized spacial score (nSPS) is 10.7. The molecule has 2 rings (SSSR count). The van der Waals surface area contributed by atoms with Crippen molar-refractivity contribution >= 4 is 29.1 Å². The highest BCUT2D eigenvalue weighted by Crippen LogP contribution is 2.36. The first-order chi connectivity index (χ1) is 10.1. The van der Waals surface area contributed by atoms with Crippen LogP contribution in [0.3, 0.4) is 0 Å². The van der Waals surface area contributed by atoms with E-state index in [0.29, 0.717) is 52.1 Å². The number of halogens is 2. The molecule has 0 radical (unpaired) electrons. The fourth-order valence-corrected chi connectivity index (χ4v) is 2.50. The van der Waals surface area contributed by atoms with Crippen molar-refractivity contribution in [2.75, 3.05) is 13.1 Å². The fraction of sp³-hybridized carbons (Fsp3) is 0.286. The predicted octanol–water partition coefficient (Wildman–Crippen LogP) is 3.04. The van der Waals surface area contributed by atoms with Gasteiger partial charge in [-0.1, -0.05) is 34.4 Å². The highest BCUT2D eigenvalue weighted by atomic mass is 35.5. The Morgan fingerprint density at radius 3 is 2.67 bits per heavy atom. The minimum atomic E-state index is -0.284. The van der Waals surface area contributed by atoms with E-state index in [1.807, 2.05) is 0 Å². The van der Waals surface area contributed by atoms with Crippen LogP contribution in [0, 0.1) is 6.92 Å². The summed E-state index contributed by atoms with van der Waals surface area (Å²) in [6, 6.07) is 5.09. The third kappa shape index (κ3) is 3.37. The van der Waals surface area contributed by atoms with Crippen molar-refractivity contribution in [3.05, 3.63) is 39.6 Å². The number of carbonyl (C=O) groups excluding carboxylic acids is 1. The average Bonchev–Trinajstić information content (AvgIpc) is 2.80. The fourth-order valence-electron chi connectivity index (χ4n) is 1.93. The van der Waals surface area contributed by atoms with Crippen molar-refractivity contribution in [2.45, 2.75) is 13.3 Å². The van der Waals surface area contributed by atoms with Gasteiger partial charge >= 0.3 is 0 Å².